The average Bonchev–Trinajstić information content (AvgIpc) is 2.46. The van der Waals surface area contributed by atoms with Crippen LogP contribution in [0.3, 0.4) is 0 Å². The van der Waals surface area contributed by atoms with E-state index in [-0.39, 0.29) is 0 Å². The Morgan fingerprint density at radius 1 is 1.00 bits per heavy atom. The van der Waals surface area contributed by atoms with Gasteiger partial charge in [0.15, 0.2) is 0 Å². The van der Waals surface area contributed by atoms with Crippen LogP contribution in [0, 0.1) is 0 Å². The standard InChI is InChI=1S/C16H19NO2/c1-17(2)14-6-4-5-13(11-14)16(18)12-7-9-15(19-3)10-8-12/h4-11,16,18H,1-3H3. The molecule has 1 N–H and O–H groups in total. The first-order chi connectivity index (χ1) is 9.11. The van der Waals surface area contributed by atoms with Crippen molar-refractivity contribution < 1.29 is 9.84 Å². The summed E-state index contributed by atoms with van der Waals surface area (Å²) in [6.07, 6.45) is -0.620. The van der Waals surface area contributed by atoms with Crippen LogP contribution in [0.4, 0.5) is 5.69 Å². The fourth-order valence-electron chi connectivity index (χ4n) is 1.95. The van der Waals surface area contributed by atoms with Gasteiger partial charge in [-0.25, -0.2) is 0 Å². The van der Waals surface area contributed by atoms with Crippen LogP contribution in [0.15, 0.2) is 48.5 Å². The number of aliphatic hydroxyl groups is 1. The summed E-state index contributed by atoms with van der Waals surface area (Å²) in [4.78, 5) is 2.02. The SMILES string of the molecule is COc1ccc(C(O)c2cccc(N(C)C)c2)cc1. The van der Waals surface area contributed by atoms with Gasteiger partial charge in [-0.1, -0.05) is 24.3 Å². The number of rotatable bonds is 4. The number of nitrogens with zero attached hydrogens (tertiary/aromatic N) is 1. The normalized spacial score (nSPS) is 12.0. The van der Waals surface area contributed by atoms with E-state index in [2.05, 4.69) is 0 Å². The van der Waals surface area contributed by atoms with E-state index in [4.69, 9.17) is 4.74 Å². The first kappa shape index (κ1) is 13.4. The van der Waals surface area contributed by atoms with E-state index in [0.29, 0.717) is 0 Å². The van der Waals surface area contributed by atoms with E-state index in [9.17, 15) is 5.11 Å². The molecule has 100 valence electrons. The Labute approximate surface area is 114 Å². The molecule has 19 heavy (non-hydrogen) atoms. The van der Waals surface area contributed by atoms with Crippen LogP contribution < -0.4 is 9.64 Å². The fraction of sp³-hybridized carbons (Fsp3) is 0.250. The predicted molar refractivity (Wildman–Crippen MR) is 77.8 cm³/mol. The van der Waals surface area contributed by atoms with Gasteiger partial charge in [0.05, 0.1) is 7.11 Å². The summed E-state index contributed by atoms with van der Waals surface area (Å²) in [7, 11) is 5.60. The first-order valence-corrected chi connectivity index (χ1v) is 6.21. The van der Waals surface area contributed by atoms with Crippen molar-refractivity contribution in [2.45, 2.75) is 6.10 Å². The highest BCUT2D eigenvalue weighted by atomic mass is 16.5. The summed E-state index contributed by atoms with van der Waals surface area (Å²) >= 11 is 0. The Bertz CT molecular complexity index is 535. The van der Waals surface area contributed by atoms with Crippen LogP contribution in [0.25, 0.3) is 0 Å². The number of aliphatic hydroxyl groups excluding tert-OH is 1. The minimum Gasteiger partial charge on any atom is -0.497 e. The lowest BCUT2D eigenvalue weighted by Crippen LogP contribution is -2.09. The van der Waals surface area contributed by atoms with Crippen molar-refractivity contribution in [2.24, 2.45) is 0 Å². The quantitative estimate of drug-likeness (QED) is 0.914. The summed E-state index contributed by atoms with van der Waals surface area (Å²) in [5.41, 5.74) is 2.82. The van der Waals surface area contributed by atoms with Crippen LogP contribution in [0.5, 0.6) is 5.75 Å². The molecule has 2 aromatic rings. The summed E-state index contributed by atoms with van der Waals surface area (Å²) in [6.45, 7) is 0. The highest BCUT2D eigenvalue weighted by molar-refractivity contribution is 5.49. The Balaban J connectivity index is 2.27. The molecule has 0 radical (unpaired) electrons. The highest BCUT2D eigenvalue weighted by Gasteiger charge is 2.11. The largest absolute Gasteiger partial charge is 0.497 e. The number of ether oxygens (including phenoxy) is 1. The van der Waals surface area contributed by atoms with E-state index in [1.807, 2.05) is 67.5 Å². The fourth-order valence-corrected chi connectivity index (χ4v) is 1.95. The van der Waals surface area contributed by atoms with Crippen LogP contribution in [0.1, 0.15) is 17.2 Å². The van der Waals surface area contributed by atoms with Crippen molar-refractivity contribution in [3.8, 4) is 5.75 Å². The van der Waals surface area contributed by atoms with Crippen molar-refractivity contribution >= 4 is 5.69 Å². The van der Waals surface area contributed by atoms with Crippen molar-refractivity contribution in [1.29, 1.82) is 0 Å². The number of hydrogen-bond acceptors (Lipinski definition) is 3. The molecule has 0 fully saturated rings. The minimum atomic E-state index is -0.620. The lowest BCUT2D eigenvalue weighted by molar-refractivity contribution is 0.220. The number of anilines is 1. The van der Waals surface area contributed by atoms with E-state index >= 15 is 0 Å². The zero-order chi connectivity index (χ0) is 13.8. The molecule has 0 heterocycles. The van der Waals surface area contributed by atoms with Crippen LogP contribution in [-0.2, 0) is 0 Å². The zero-order valence-electron chi connectivity index (χ0n) is 11.5. The van der Waals surface area contributed by atoms with Gasteiger partial charge in [0, 0.05) is 19.8 Å². The molecule has 0 spiro atoms. The second-order valence-corrected chi connectivity index (χ2v) is 4.67. The van der Waals surface area contributed by atoms with Gasteiger partial charge in [-0.15, -0.1) is 0 Å². The molecule has 0 bridgehead atoms. The lowest BCUT2D eigenvalue weighted by atomic mass is 10.0. The molecule has 3 heteroatoms. The second kappa shape index (κ2) is 5.76. The average molecular weight is 257 g/mol. The summed E-state index contributed by atoms with van der Waals surface area (Å²) in [5, 5.41) is 10.4. The van der Waals surface area contributed by atoms with E-state index in [1.54, 1.807) is 7.11 Å². The van der Waals surface area contributed by atoms with Crippen molar-refractivity contribution in [2.75, 3.05) is 26.1 Å². The molecule has 0 aliphatic carbocycles. The maximum Gasteiger partial charge on any atom is 0.118 e. The maximum atomic E-state index is 10.4. The van der Waals surface area contributed by atoms with Crippen LogP contribution in [-0.4, -0.2) is 26.3 Å². The lowest BCUT2D eigenvalue weighted by Gasteiger charge is -2.17. The molecule has 1 atom stereocenters. The van der Waals surface area contributed by atoms with E-state index < -0.39 is 6.10 Å². The molecule has 1 unspecified atom stereocenters. The van der Waals surface area contributed by atoms with E-state index in [0.717, 1.165) is 22.6 Å². The van der Waals surface area contributed by atoms with Crippen molar-refractivity contribution in [3.05, 3.63) is 59.7 Å². The summed E-state index contributed by atoms with van der Waals surface area (Å²) in [5.74, 6) is 0.790. The molecule has 0 saturated carbocycles. The van der Waals surface area contributed by atoms with Crippen LogP contribution in [0.2, 0.25) is 0 Å². The molecule has 0 aliphatic heterocycles. The Morgan fingerprint density at radius 3 is 2.26 bits per heavy atom. The molecule has 2 rings (SSSR count). The van der Waals surface area contributed by atoms with Crippen LogP contribution >= 0.6 is 0 Å². The van der Waals surface area contributed by atoms with E-state index in [1.165, 1.54) is 0 Å². The predicted octanol–water partition coefficient (Wildman–Crippen LogP) is 2.84. The minimum absolute atomic E-state index is 0.620. The van der Waals surface area contributed by atoms with Gasteiger partial charge >= 0.3 is 0 Å². The smallest absolute Gasteiger partial charge is 0.118 e. The van der Waals surface area contributed by atoms with Gasteiger partial charge < -0.3 is 14.7 Å². The topological polar surface area (TPSA) is 32.7 Å². The number of hydrogen-bond donors (Lipinski definition) is 1. The Morgan fingerprint density at radius 2 is 1.68 bits per heavy atom. The van der Waals surface area contributed by atoms with Crippen molar-refractivity contribution in [3.63, 3.8) is 0 Å². The maximum absolute atomic E-state index is 10.4. The van der Waals surface area contributed by atoms with Gasteiger partial charge in [0.2, 0.25) is 0 Å². The first-order valence-electron chi connectivity index (χ1n) is 6.21. The Hall–Kier alpha value is -2.00. The third kappa shape index (κ3) is 3.06. The van der Waals surface area contributed by atoms with Crippen molar-refractivity contribution in [1.82, 2.24) is 0 Å². The van der Waals surface area contributed by atoms with Gasteiger partial charge in [-0.05, 0) is 35.4 Å². The summed E-state index contributed by atoms with van der Waals surface area (Å²) in [6, 6.07) is 15.4. The molecule has 0 aromatic heterocycles. The third-order valence-corrected chi connectivity index (χ3v) is 3.13. The third-order valence-electron chi connectivity index (χ3n) is 3.13. The molecule has 0 amide bonds. The summed E-state index contributed by atoms with van der Waals surface area (Å²) < 4.78 is 5.12. The number of methoxy groups -OCH3 is 1. The molecular formula is C16H19NO2. The molecule has 2 aromatic carbocycles. The van der Waals surface area contributed by atoms with Gasteiger partial charge in [0.1, 0.15) is 11.9 Å². The second-order valence-electron chi connectivity index (χ2n) is 4.67. The Kier molecular flexibility index (Phi) is 4.07. The molecular weight excluding hydrogens is 238 g/mol. The molecule has 0 aliphatic rings. The zero-order valence-corrected chi connectivity index (χ0v) is 11.5. The number of benzene rings is 2. The van der Waals surface area contributed by atoms with Gasteiger partial charge in [-0.3, -0.25) is 0 Å². The molecule has 3 nitrogen and oxygen atoms in total. The van der Waals surface area contributed by atoms with Gasteiger partial charge in [-0.2, -0.15) is 0 Å². The van der Waals surface area contributed by atoms with Gasteiger partial charge in [0.25, 0.3) is 0 Å². The highest BCUT2D eigenvalue weighted by Crippen LogP contribution is 2.26. The molecule has 0 saturated heterocycles. The monoisotopic (exact) mass is 257 g/mol.